The topological polar surface area (TPSA) is 57.6 Å². The molecule has 0 atom stereocenters. The molecule has 8 aromatic rings. The summed E-state index contributed by atoms with van der Waals surface area (Å²) < 4.78 is 0. The molecule has 9 rings (SSSR count). The van der Waals surface area contributed by atoms with Crippen molar-refractivity contribution in [3.05, 3.63) is 179 Å². The largest absolute Gasteiger partial charge is 0.405 e. The molecule has 0 fully saturated rings. The molecule has 1 aliphatic carbocycles. The van der Waals surface area contributed by atoms with Crippen molar-refractivity contribution in [1.29, 1.82) is 0 Å². The third kappa shape index (κ3) is 8.08. The molecule has 0 amide bonds. The smallest absolute Gasteiger partial charge is 0.0471 e. The molecule has 0 spiro atoms. The molecule has 0 bridgehead atoms. The molecule has 1 aliphatic rings. The summed E-state index contributed by atoms with van der Waals surface area (Å²) in [6.45, 7) is 26.0. The van der Waals surface area contributed by atoms with Crippen LogP contribution in [0.1, 0.15) is 65.3 Å². The fourth-order valence-electron chi connectivity index (χ4n) is 8.11. The number of aromatic amines is 2. The molecule has 2 heterocycles. The van der Waals surface area contributed by atoms with Crippen molar-refractivity contribution in [2.75, 3.05) is 0 Å². The van der Waals surface area contributed by atoms with E-state index < -0.39 is 0 Å². The lowest BCUT2D eigenvalue weighted by Gasteiger charge is -2.20. The van der Waals surface area contributed by atoms with E-state index >= 15 is 0 Å². The van der Waals surface area contributed by atoms with Crippen LogP contribution < -0.4 is 5.73 Å². The molecular formula is C55H59N3. The molecule has 6 aromatic carbocycles. The number of benzene rings is 6. The summed E-state index contributed by atoms with van der Waals surface area (Å²) in [5.41, 5.74) is 28.7. The van der Waals surface area contributed by atoms with E-state index in [1.807, 2.05) is 32.9 Å². The second-order valence-corrected chi connectivity index (χ2v) is 15.2. The first-order valence-electron chi connectivity index (χ1n) is 20.6. The van der Waals surface area contributed by atoms with E-state index in [0.717, 1.165) is 12.8 Å². The number of allylic oxidation sites excluding steroid dienone is 5. The Morgan fingerprint density at radius 2 is 0.862 bits per heavy atom. The zero-order chi connectivity index (χ0) is 41.7. The molecule has 0 aliphatic heterocycles. The lowest BCUT2D eigenvalue weighted by atomic mass is 9.84. The number of H-pyrrole nitrogens is 2. The van der Waals surface area contributed by atoms with Crippen molar-refractivity contribution < 1.29 is 0 Å². The number of nitrogens with two attached hydrogens (primary N) is 1. The van der Waals surface area contributed by atoms with Crippen LogP contribution in [0.15, 0.2) is 135 Å². The van der Waals surface area contributed by atoms with E-state index in [9.17, 15) is 0 Å². The van der Waals surface area contributed by atoms with Gasteiger partial charge in [-0.3, -0.25) is 0 Å². The van der Waals surface area contributed by atoms with Crippen molar-refractivity contribution in [3.8, 4) is 33.4 Å². The monoisotopic (exact) mass is 761 g/mol. The van der Waals surface area contributed by atoms with Crippen LogP contribution in [-0.2, 0) is 12.8 Å². The number of hydrogen-bond donors (Lipinski definition) is 3. The highest BCUT2D eigenvalue weighted by Gasteiger charge is 2.21. The standard InChI is InChI=1S/C44H38N2.C5H9N.C4H6.C2H6/c1-23-13-33(14-24(2)27(23)5)29-9-11-41-37(17-29)39-19-31-7-8-32-20-40-38-18-30(34-15-25(3)28(6)26(4)16-34)10-12-42(38)46-44(40)22-36(32)35(31)21-43(39)45-41;1-2-3-4-5-6;1-3-4-2;1-2/h9-22,45-46H,7-8H2,1-6H3;2-5H,6H2,1H3;3-4H,1-2H2;1-2H3/b;3-2-,5-4-;;. The summed E-state index contributed by atoms with van der Waals surface area (Å²) in [7, 11) is 0. The quantitative estimate of drug-likeness (QED) is 0.154. The summed E-state index contributed by atoms with van der Waals surface area (Å²) >= 11 is 0. The summed E-state index contributed by atoms with van der Waals surface area (Å²) in [5.74, 6) is 0. The van der Waals surface area contributed by atoms with Crippen molar-refractivity contribution >= 4 is 43.6 Å². The van der Waals surface area contributed by atoms with Gasteiger partial charge in [0.1, 0.15) is 0 Å². The zero-order valence-electron chi connectivity index (χ0n) is 36.0. The minimum atomic E-state index is 1.06. The van der Waals surface area contributed by atoms with Crippen molar-refractivity contribution in [2.45, 2.75) is 75.2 Å². The van der Waals surface area contributed by atoms with Gasteiger partial charge in [0, 0.05) is 43.6 Å². The lowest BCUT2D eigenvalue weighted by molar-refractivity contribution is 0.946. The highest BCUT2D eigenvalue weighted by molar-refractivity contribution is 6.12. The van der Waals surface area contributed by atoms with Gasteiger partial charge in [0.25, 0.3) is 0 Å². The normalized spacial score (nSPS) is 11.8. The van der Waals surface area contributed by atoms with Crippen molar-refractivity contribution in [1.82, 2.24) is 9.97 Å². The second-order valence-electron chi connectivity index (χ2n) is 15.2. The number of hydrogen-bond acceptors (Lipinski definition) is 1. The highest BCUT2D eigenvalue weighted by Crippen LogP contribution is 2.42. The van der Waals surface area contributed by atoms with Crippen LogP contribution in [0.4, 0.5) is 0 Å². The zero-order valence-corrected chi connectivity index (χ0v) is 36.0. The van der Waals surface area contributed by atoms with Gasteiger partial charge < -0.3 is 15.7 Å². The summed E-state index contributed by atoms with van der Waals surface area (Å²) in [4.78, 5) is 7.51. The Morgan fingerprint density at radius 3 is 1.19 bits per heavy atom. The number of fused-ring (bicyclic) bond motifs is 9. The van der Waals surface area contributed by atoms with Crippen molar-refractivity contribution in [3.63, 3.8) is 0 Å². The number of aromatic nitrogens is 2. The van der Waals surface area contributed by atoms with Crippen LogP contribution in [0.3, 0.4) is 0 Å². The Kier molecular flexibility index (Phi) is 12.7. The molecule has 0 radical (unpaired) electrons. The van der Waals surface area contributed by atoms with Crippen LogP contribution in [0.2, 0.25) is 0 Å². The Labute approximate surface area is 345 Å². The van der Waals surface area contributed by atoms with Crippen LogP contribution >= 0.6 is 0 Å². The van der Waals surface area contributed by atoms with E-state index in [1.165, 1.54) is 128 Å². The number of rotatable bonds is 4. The maximum Gasteiger partial charge on any atom is 0.0471 e. The molecule has 0 saturated carbocycles. The van der Waals surface area contributed by atoms with E-state index in [-0.39, 0.29) is 0 Å². The summed E-state index contributed by atoms with van der Waals surface area (Å²) in [6.07, 6.45) is 12.5. The first-order valence-corrected chi connectivity index (χ1v) is 20.6. The van der Waals surface area contributed by atoms with Gasteiger partial charge in [-0.2, -0.15) is 0 Å². The van der Waals surface area contributed by atoms with Crippen molar-refractivity contribution in [2.24, 2.45) is 5.73 Å². The fourth-order valence-corrected chi connectivity index (χ4v) is 8.11. The van der Waals surface area contributed by atoms with E-state index in [1.54, 1.807) is 18.2 Å². The molecule has 294 valence electrons. The van der Waals surface area contributed by atoms with E-state index in [4.69, 9.17) is 5.73 Å². The average molecular weight is 762 g/mol. The minimum absolute atomic E-state index is 1.06. The fraction of sp³-hybridized carbons (Fsp3) is 0.200. The molecular weight excluding hydrogens is 703 g/mol. The Morgan fingerprint density at radius 1 is 0.483 bits per heavy atom. The van der Waals surface area contributed by atoms with Gasteiger partial charge in [-0.1, -0.05) is 87.7 Å². The van der Waals surface area contributed by atoms with Gasteiger partial charge in [-0.25, -0.2) is 0 Å². The molecule has 3 heteroatoms. The first kappa shape index (κ1) is 41.3. The lowest BCUT2D eigenvalue weighted by Crippen LogP contribution is -2.04. The molecule has 2 aromatic heterocycles. The number of aryl methyl sites for hydroxylation is 6. The maximum absolute atomic E-state index is 4.98. The molecule has 0 saturated heterocycles. The Bertz CT molecular complexity index is 2620. The van der Waals surface area contributed by atoms with Crippen LogP contribution in [0.5, 0.6) is 0 Å². The Balaban J connectivity index is 0.000000420. The van der Waals surface area contributed by atoms with Crippen LogP contribution in [0, 0.1) is 41.5 Å². The third-order valence-electron chi connectivity index (χ3n) is 11.7. The van der Waals surface area contributed by atoms with Gasteiger partial charge in [-0.15, -0.1) is 0 Å². The SMILES string of the molecule is C/C=C\C=C/N.C=CC=C.CC.Cc1cc(-c2ccc3[nH]c4cc5c(cc4c3c2)CCc2cc3c(cc2-5)[nH]c2ccc(-c4cc(C)c(C)c(C)c4)cc23)cc(C)c1C. The number of nitrogens with one attached hydrogen (secondary N) is 2. The van der Waals surface area contributed by atoms with Crippen LogP contribution in [-0.4, -0.2) is 9.97 Å². The predicted molar refractivity (Wildman–Crippen MR) is 257 cm³/mol. The molecule has 4 N–H and O–H groups in total. The predicted octanol–water partition coefficient (Wildman–Crippen LogP) is 15.3. The molecule has 58 heavy (non-hydrogen) atoms. The summed E-state index contributed by atoms with van der Waals surface area (Å²) in [6, 6.07) is 32.8. The Hall–Kier alpha value is -6.32. The minimum Gasteiger partial charge on any atom is -0.405 e. The van der Waals surface area contributed by atoms with E-state index in [0.29, 0.717) is 0 Å². The molecule has 0 unspecified atom stereocenters. The second kappa shape index (κ2) is 17.9. The third-order valence-corrected chi connectivity index (χ3v) is 11.7. The van der Waals surface area contributed by atoms with Gasteiger partial charge >= 0.3 is 0 Å². The van der Waals surface area contributed by atoms with E-state index in [2.05, 4.69) is 150 Å². The average Bonchev–Trinajstić information content (AvgIpc) is 3.79. The van der Waals surface area contributed by atoms with Gasteiger partial charge in [0.15, 0.2) is 0 Å². The first-order chi connectivity index (χ1) is 28.0. The van der Waals surface area contributed by atoms with Gasteiger partial charge in [-0.05, 0) is 200 Å². The summed E-state index contributed by atoms with van der Waals surface area (Å²) in [5, 5.41) is 5.25. The van der Waals surface area contributed by atoms with Gasteiger partial charge in [0.05, 0.1) is 0 Å². The highest BCUT2D eigenvalue weighted by atomic mass is 14.7. The maximum atomic E-state index is 4.98. The molecule has 3 nitrogen and oxygen atoms in total. The van der Waals surface area contributed by atoms with Gasteiger partial charge in [0.2, 0.25) is 0 Å². The van der Waals surface area contributed by atoms with Crippen LogP contribution in [0.25, 0.3) is 77.0 Å².